The second kappa shape index (κ2) is 7.40. The lowest BCUT2D eigenvalue weighted by atomic mass is 10.1. The number of hydrogen-bond donors (Lipinski definition) is 2. The number of rotatable bonds is 5. The van der Waals surface area contributed by atoms with Crippen LogP contribution in [0.15, 0.2) is 28.7 Å². The van der Waals surface area contributed by atoms with Gasteiger partial charge in [0, 0.05) is 17.3 Å². The summed E-state index contributed by atoms with van der Waals surface area (Å²) in [5, 5.41) is 5.24. The first-order valence-corrected chi connectivity index (χ1v) is 7.71. The SMILES string of the molecule is COC(=O)[C@@H](Cc1ccccc1Br)NC(=O)[C@H]1CCC(=O)N1. The Hall–Kier alpha value is -1.89. The smallest absolute Gasteiger partial charge is 0.328 e. The van der Waals surface area contributed by atoms with E-state index in [1.807, 2.05) is 24.3 Å². The molecule has 0 radical (unpaired) electrons. The van der Waals surface area contributed by atoms with Crippen LogP contribution in [0.5, 0.6) is 0 Å². The fourth-order valence-electron chi connectivity index (χ4n) is 2.30. The molecule has 22 heavy (non-hydrogen) atoms. The molecule has 1 saturated heterocycles. The lowest BCUT2D eigenvalue weighted by molar-refractivity contribution is -0.145. The Morgan fingerprint density at radius 3 is 2.77 bits per heavy atom. The standard InChI is InChI=1S/C15H17BrN2O4/c1-22-15(21)12(8-9-4-2-3-5-10(9)16)18-14(20)11-6-7-13(19)17-11/h2-5,11-12H,6-8H2,1H3,(H,17,19)(H,18,20)/t11-,12-/m1/s1. The van der Waals surface area contributed by atoms with Crippen LogP contribution < -0.4 is 10.6 Å². The topological polar surface area (TPSA) is 84.5 Å². The van der Waals surface area contributed by atoms with E-state index in [2.05, 4.69) is 26.6 Å². The molecule has 1 aliphatic rings. The first-order valence-electron chi connectivity index (χ1n) is 6.92. The second-order valence-electron chi connectivity index (χ2n) is 5.04. The molecular formula is C15H17BrN2O4. The highest BCUT2D eigenvalue weighted by Gasteiger charge is 2.31. The fraction of sp³-hybridized carbons (Fsp3) is 0.400. The summed E-state index contributed by atoms with van der Waals surface area (Å²) in [5.41, 5.74) is 0.883. The van der Waals surface area contributed by atoms with Crippen molar-refractivity contribution in [2.75, 3.05) is 7.11 Å². The molecule has 0 spiro atoms. The summed E-state index contributed by atoms with van der Waals surface area (Å²) < 4.78 is 5.61. The number of ether oxygens (including phenoxy) is 1. The fourth-order valence-corrected chi connectivity index (χ4v) is 2.75. The molecule has 2 N–H and O–H groups in total. The number of methoxy groups -OCH3 is 1. The zero-order valence-electron chi connectivity index (χ0n) is 12.1. The number of esters is 1. The van der Waals surface area contributed by atoms with Gasteiger partial charge in [0.05, 0.1) is 7.11 Å². The maximum absolute atomic E-state index is 12.2. The number of benzene rings is 1. The highest BCUT2D eigenvalue weighted by molar-refractivity contribution is 9.10. The van der Waals surface area contributed by atoms with Crippen molar-refractivity contribution < 1.29 is 19.1 Å². The van der Waals surface area contributed by atoms with Crippen molar-refractivity contribution in [1.82, 2.24) is 10.6 Å². The lowest BCUT2D eigenvalue weighted by Crippen LogP contribution is -2.50. The number of carbonyl (C=O) groups is 3. The van der Waals surface area contributed by atoms with Crippen LogP contribution in [-0.4, -0.2) is 37.0 Å². The number of nitrogens with one attached hydrogen (secondary N) is 2. The summed E-state index contributed by atoms with van der Waals surface area (Å²) in [4.78, 5) is 35.2. The maximum atomic E-state index is 12.2. The molecular weight excluding hydrogens is 352 g/mol. The average molecular weight is 369 g/mol. The van der Waals surface area contributed by atoms with Gasteiger partial charge in [-0.2, -0.15) is 0 Å². The third kappa shape index (κ3) is 4.07. The predicted octanol–water partition coefficient (Wildman–Crippen LogP) is 0.928. The van der Waals surface area contributed by atoms with Gasteiger partial charge in [-0.3, -0.25) is 9.59 Å². The Balaban J connectivity index is 2.06. The van der Waals surface area contributed by atoms with Crippen molar-refractivity contribution in [1.29, 1.82) is 0 Å². The quantitative estimate of drug-likeness (QED) is 0.757. The van der Waals surface area contributed by atoms with Gasteiger partial charge in [-0.15, -0.1) is 0 Å². The van der Waals surface area contributed by atoms with Gasteiger partial charge in [0.2, 0.25) is 11.8 Å². The Kier molecular flexibility index (Phi) is 5.54. The zero-order valence-corrected chi connectivity index (χ0v) is 13.7. The van der Waals surface area contributed by atoms with Crippen LogP contribution in [0.4, 0.5) is 0 Å². The van der Waals surface area contributed by atoms with Crippen LogP contribution >= 0.6 is 15.9 Å². The number of halogens is 1. The number of amides is 2. The van der Waals surface area contributed by atoms with E-state index in [1.165, 1.54) is 7.11 Å². The van der Waals surface area contributed by atoms with Gasteiger partial charge in [-0.25, -0.2) is 4.79 Å². The highest BCUT2D eigenvalue weighted by atomic mass is 79.9. The molecule has 1 aliphatic heterocycles. The molecule has 0 unspecified atom stereocenters. The van der Waals surface area contributed by atoms with E-state index in [1.54, 1.807) is 0 Å². The molecule has 0 saturated carbocycles. The van der Waals surface area contributed by atoms with Crippen LogP contribution in [-0.2, 0) is 25.5 Å². The van der Waals surface area contributed by atoms with Crippen molar-refractivity contribution in [2.45, 2.75) is 31.3 Å². The summed E-state index contributed by atoms with van der Waals surface area (Å²) in [6.45, 7) is 0. The second-order valence-corrected chi connectivity index (χ2v) is 5.89. The molecule has 7 heteroatoms. The Labute approximate surface area is 136 Å². The summed E-state index contributed by atoms with van der Waals surface area (Å²) >= 11 is 3.41. The molecule has 118 valence electrons. The first-order chi connectivity index (χ1) is 10.5. The lowest BCUT2D eigenvalue weighted by Gasteiger charge is -2.19. The van der Waals surface area contributed by atoms with Gasteiger partial charge in [-0.1, -0.05) is 34.1 Å². The molecule has 0 aromatic heterocycles. The first kappa shape index (κ1) is 16.5. The normalized spacial score (nSPS) is 18.5. The van der Waals surface area contributed by atoms with Crippen LogP contribution in [0.2, 0.25) is 0 Å². The average Bonchev–Trinajstić information content (AvgIpc) is 2.94. The Morgan fingerprint density at radius 1 is 1.45 bits per heavy atom. The summed E-state index contributed by atoms with van der Waals surface area (Å²) in [6.07, 6.45) is 1.07. The van der Waals surface area contributed by atoms with E-state index < -0.39 is 18.1 Å². The minimum Gasteiger partial charge on any atom is -0.467 e. The van der Waals surface area contributed by atoms with Crippen LogP contribution in [0, 0.1) is 0 Å². The van der Waals surface area contributed by atoms with Gasteiger partial charge >= 0.3 is 5.97 Å². The molecule has 2 atom stereocenters. The molecule has 0 aliphatic carbocycles. The van der Waals surface area contributed by atoms with Crippen LogP contribution in [0.1, 0.15) is 18.4 Å². The van der Waals surface area contributed by atoms with Crippen molar-refractivity contribution >= 4 is 33.7 Å². The van der Waals surface area contributed by atoms with E-state index in [0.29, 0.717) is 19.3 Å². The van der Waals surface area contributed by atoms with E-state index >= 15 is 0 Å². The molecule has 1 aromatic rings. The van der Waals surface area contributed by atoms with Gasteiger partial charge in [-0.05, 0) is 18.1 Å². The van der Waals surface area contributed by atoms with E-state index in [4.69, 9.17) is 4.74 Å². The van der Waals surface area contributed by atoms with E-state index in [-0.39, 0.29) is 11.8 Å². The third-order valence-corrected chi connectivity index (χ3v) is 4.27. The van der Waals surface area contributed by atoms with Gasteiger partial charge in [0.25, 0.3) is 0 Å². The molecule has 0 bridgehead atoms. The molecule has 1 aromatic carbocycles. The Bertz CT molecular complexity index is 591. The van der Waals surface area contributed by atoms with Crippen molar-refractivity contribution in [2.24, 2.45) is 0 Å². The number of hydrogen-bond acceptors (Lipinski definition) is 4. The third-order valence-electron chi connectivity index (χ3n) is 3.50. The number of carbonyl (C=O) groups excluding carboxylic acids is 3. The highest BCUT2D eigenvalue weighted by Crippen LogP contribution is 2.18. The van der Waals surface area contributed by atoms with Gasteiger partial charge in [0.1, 0.15) is 12.1 Å². The summed E-state index contributed by atoms with van der Waals surface area (Å²) in [5.74, 6) is -1.04. The largest absolute Gasteiger partial charge is 0.467 e. The zero-order chi connectivity index (χ0) is 16.1. The maximum Gasteiger partial charge on any atom is 0.328 e. The van der Waals surface area contributed by atoms with Crippen LogP contribution in [0.25, 0.3) is 0 Å². The van der Waals surface area contributed by atoms with Crippen molar-refractivity contribution in [3.05, 3.63) is 34.3 Å². The van der Waals surface area contributed by atoms with E-state index in [9.17, 15) is 14.4 Å². The Morgan fingerprint density at radius 2 is 2.18 bits per heavy atom. The minimum atomic E-state index is -0.797. The van der Waals surface area contributed by atoms with Crippen LogP contribution in [0.3, 0.4) is 0 Å². The van der Waals surface area contributed by atoms with E-state index in [0.717, 1.165) is 10.0 Å². The monoisotopic (exact) mass is 368 g/mol. The molecule has 1 heterocycles. The summed E-state index contributed by atoms with van der Waals surface area (Å²) in [7, 11) is 1.28. The predicted molar refractivity (Wildman–Crippen MR) is 83.0 cm³/mol. The molecule has 2 amide bonds. The van der Waals surface area contributed by atoms with Gasteiger partial charge < -0.3 is 15.4 Å². The summed E-state index contributed by atoms with van der Waals surface area (Å²) in [6, 6.07) is 6.07. The molecule has 1 fully saturated rings. The molecule has 2 rings (SSSR count). The minimum absolute atomic E-state index is 0.152. The van der Waals surface area contributed by atoms with Gasteiger partial charge in [0.15, 0.2) is 0 Å². The van der Waals surface area contributed by atoms with Crippen molar-refractivity contribution in [3.63, 3.8) is 0 Å². The molecule has 6 nitrogen and oxygen atoms in total. The van der Waals surface area contributed by atoms with Crippen molar-refractivity contribution in [3.8, 4) is 0 Å².